The molecule has 168 valence electrons. The maximum atomic E-state index is 13.5. The Bertz CT molecular complexity index is 1330. The molecule has 1 saturated heterocycles. The second-order valence-electron chi connectivity index (χ2n) is 7.75. The number of nitrogens with two attached hydrogens (primary N) is 1. The highest BCUT2D eigenvalue weighted by Crippen LogP contribution is 2.21. The number of carbonyl (C=O) groups is 2. The van der Waals surface area contributed by atoms with Crippen LogP contribution in [0.3, 0.4) is 0 Å². The lowest BCUT2D eigenvalue weighted by Crippen LogP contribution is -2.31. The van der Waals surface area contributed by atoms with E-state index in [-0.39, 0.29) is 23.1 Å². The summed E-state index contributed by atoms with van der Waals surface area (Å²) in [4.78, 5) is 40.6. The molecule has 1 aliphatic heterocycles. The second kappa shape index (κ2) is 9.03. The quantitative estimate of drug-likeness (QED) is 0.430. The molecule has 33 heavy (non-hydrogen) atoms. The molecule has 1 atom stereocenters. The molecule has 2 amide bonds. The largest absolute Gasteiger partial charge is 0.369 e. The van der Waals surface area contributed by atoms with Gasteiger partial charge in [-0.1, -0.05) is 0 Å². The van der Waals surface area contributed by atoms with Gasteiger partial charge in [0.25, 0.3) is 11.5 Å². The van der Waals surface area contributed by atoms with Gasteiger partial charge in [-0.25, -0.2) is 9.92 Å². The number of nitrogens with one attached hydrogen (secondary N) is 3. The van der Waals surface area contributed by atoms with Crippen LogP contribution in [0, 0.1) is 17.3 Å². The number of carbonyl (C=O) groups excluding carboxylic acids is 2. The normalized spacial score (nSPS) is 16.1. The molecule has 10 heteroatoms. The number of anilines is 1. The zero-order valence-corrected chi connectivity index (χ0v) is 17.5. The Morgan fingerprint density at radius 3 is 2.64 bits per heavy atom. The monoisotopic (exact) mass is 448 g/mol. The van der Waals surface area contributed by atoms with Crippen LogP contribution in [-0.2, 0) is 4.79 Å². The minimum Gasteiger partial charge on any atom is -0.369 e. The Labute approximate surface area is 187 Å². The van der Waals surface area contributed by atoms with Gasteiger partial charge < -0.3 is 20.9 Å². The molecule has 9 nitrogen and oxygen atoms in total. The molecule has 0 unspecified atom stereocenters. The molecule has 3 aromatic rings. The van der Waals surface area contributed by atoms with Gasteiger partial charge in [0.2, 0.25) is 5.91 Å². The number of rotatable bonds is 6. The fourth-order valence-electron chi connectivity index (χ4n) is 3.76. The molecule has 1 fully saturated rings. The van der Waals surface area contributed by atoms with E-state index in [0.717, 1.165) is 0 Å². The summed E-state index contributed by atoms with van der Waals surface area (Å²) >= 11 is 0. The first-order chi connectivity index (χ1) is 15.9. The first-order valence-electron chi connectivity index (χ1n) is 10.2. The van der Waals surface area contributed by atoms with Crippen molar-refractivity contribution in [1.29, 1.82) is 5.53 Å². The van der Waals surface area contributed by atoms with Crippen molar-refractivity contribution in [3.8, 4) is 0 Å². The van der Waals surface area contributed by atoms with Crippen LogP contribution in [0.4, 0.5) is 10.1 Å². The Morgan fingerprint density at radius 1 is 1.21 bits per heavy atom. The highest BCUT2D eigenvalue weighted by molar-refractivity contribution is 5.95. The van der Waals surface area contributed by atoms with Gasteiger partial charge in [0.15, 0.2) is 0 Å². The Morgan fingerprint density at radius 2 is 1.97 bits per heavy atom. The van der Waals surface area contributed by atoms with E-state index in [9.17, 15) is 18.8 Å². The third-order valence-corrected chi connectivity index (χ3v) is 5.59. The van der Waals surface area contributed by atoms with Crippen LogP contribution in [0.25, 0.3) is 16.6 Å². The number of hydrogen-bond donors (Lipinski definition) is 4. The Balaban J connectivity index is 1.50. The molecule has 0 radical (unpaired) electrons. The maximum Gasteiger partial charge on any atom is 0.258 e. The van der Waals surface area contributed by atoms with Crippen molar-refractivity contribution in [1.82, 2.24) is 9.88 Å². The van der Waals surface area contributed by atoms with Crippen molar-refractivity contribution in [3.63, 3.8) is 0 Å². The van der Waals surface area contributed by atoms with Crippen molar-refractivity contribution >= 4 is 34.1 Å². The summed E-state index contributed by atoms with van der Waals surface area (Å²) in [6.07, 6.45) is 1.95. The number of benzene rings is 2. The number of fused-ring (bicyclic) bond motifs is 1. The van der Waals surface area contributed by atoms with E-state index < -0.39 is 17.3 Å². The van der Waals surface area contributed by atoms with E-state index in [2.05, 4.69) is 15.4 Å². The lowest BCUT2D eigenvalue weighted by atomic mass is 10.1. The van der Waals surface area contributed by atoms with Gasteiger partial charge in [0, 0.05) is 41.4 Å². The van der Waals surface area contributed by atoms with Crippen molar-refractivity contribution < 1.29 is 14.0 Å². The number of H-pyrrole nitrogens is 1. The number of primary amides is 1. The van der Waals surface area contributed by atoms with Gasteiger partial charge in [0.1, 0.15) is 11.5 Å². The highest BCUT2D eigenvalue weighted by atomic mass is 19.1. The van der Waals surface area contributed by atoms with Crippen LogP contribution in [0.15, 0.2) is 64.6 Å². The lowest BCUT2D eigenvalue weighted by Gasteiger charge is -2.16. The highest BCUT2D eigenvalue weighted by Gasteiger charge is 2.30. The summed E-state index contributed by atoms with van der Waals surface area (Å²) in [7, 11) is 0. The lowest BCUT2D eigenvalue weighted by molar-refractivity contribution is -0.121. The van der Waals surface area contributed by atoms with Crippen molar-refractivity contribution in [3.05, 3.63) is 82.0 Å². The second-order valence-corrected chi connectivity index (χ2v) is 7.75. The SMILES string of the molecule is N=N/C(=C\Nc1ccc(C(=O)N2CC[C@@H](C(N)=O)C2)cc1)c1cc2cc(F)ccc2[nH]c1=O. The summed E-state index contributed by atoms with van der Waals surface area (Å²) in [5, 5.41) is 6.84. The third-order valence-electron chi connectivity index (χ3n) is 5.59. The van der Waals surface area contributed by atoms with Gasteiger partial charge in [-0.05, 0) is 55.0 Å². The van der Waals surface area contributed by atoms with Gasteiger partial charge >= 0.3 is 0 Å². The van der Waals surface area contributed by atoms with Crippen molar-refractivity contribution in [2.45, 2.75) is 6.42 Å². The van der Waals surface area contributed by atoms with Gasteiger partial charge in [-0.15, -0.1) is 0 Å². The minimum atomic E-state index is -0.459. The minimum absolute atomic E-state index is 0.0529. The van der Waals surface area contributed by atoms with Crippen molar-refractivity contribution in [2.75, 3.05) is 18.4 Å². The third kappa shape index (κ3) is 4.64. The Hall–Kier alpha value is -4.34. The number of hydrogen-bond acceptors (Lipinski definition) is 6. The molecule has 2 heterocycles. The van der Waals surface area contributed by atoms with E-state index in [1.54, 1.807) is 29.2 Å². The first kappa shape index (κ1) is 21.9. The topological polar surface area (TPSA) is 144 Å². The molecule has 1 aliphatic rings. The van der Waals surface area contributed by atoms with E-state index in [1.165, 1.54) is 30.5 Å². The zero-order valence-electron chi connectivity index (χ0n) is 17.5. The fourth-order valence-corrected chi connectivity index (χ4v) is 3.76. The summed E-state index contributed by atoms with van der Waals surface area (Å²) in [5.41, 5.74) is 14.0. The average molecular weight is 448 g/mol. The number of nitrogens with zero attached hydrogens (tertiary/aromatic N) is 2. The van der Waals surface area contributed by atoms with Gasteiger partial charge in [-0.2, -0.15) is 5.11 Å². The van der Waals surface area contributed by atoms with Crippen LogP contribution in [-0.4, -0.2) is 34.8 Å². The fraction of sp³-hybridized carbons (Fsp3) is 0.174. The molecule has 0 aliphatic carbocycles. The van der Waals surface area contributed by atoms with E-state index >= 15 is 0 Å². The standard InChI is InChI=1S/C23H21FN6O3/c24-16-3-6-19-15(9-16)10-18(22(32)28-19)20(29-26)11-27-17-4-1-13(2-5-17)23(33)30-8-7-14(12-30)21(25)31/h1-6,9-11,14,26-27H,7-8,12H2,(H2,25,31)(H,28,32)/b20-11-,29-26?/t14-/m1/s1. The smallest absolute Gasteiger partial charge is 0.258 e. The van der Waals surface area contributed by atoms with E-state index in [1.807, 2.05) is 0 Å². The number of pyridine rings is 1. The molecule has 0 saturated carbocycles. The van der Waals surface area contributed by atoms with Crippen LogP contribution in [0.5, 0.6) is 0 Å². The average Bonchev–Trinajstić information content (AvgIpc) is 3.31. The maximum absolute atomic E-state index is 13.5. The molecule has 0 bridgehead atoms. The molecular formula is C23H21FN6O3. The first-order valence-corrected chi connectivity index (χ1v) is 10.2. The number of likely N-dealkylation sites (tertiary alicyclic amines) is 1. The molecule has 1 aromatic heterocycles. The zero-order chi connectivity index (χ0) is 23.5. The predicted octanol–water partition coefficient (Wildman–Crippen LogP) is 3.06. The van der Waals surface area contributed by atoms with Crippen LogP contribution in [0.1, 0.15) is 22.3 Å². The van der Waals surface area contributed by atoms with Crippen LogP contribution < -0.4 is 16.6 Å². The molecule has 2 aromatic carbocycles. The molecule has 4 rings (SSSR count). The summed E-state index contributed by atoms with van der Waals surface area (Å²) in [5.74, 6) is -1.34. The predicted molar refractivity (Wildman–Crippen MR) is 121 cm³/mol. The molecule has 5 N–H and O–H groups in total. The van der Waals surface area contributed by atoms with Crippen LogP contribution in [0.2, 0.25) is 0 Å². The number of aromatic nitrogens is 1. The number of amides is 2. The van der Waals surface area contributed by atoms with Gasteiger partial charge in [-0.3, -0.25) is 14.4 Å². The number of halogens is 1. The summed E-state index contributed by atoms with van der Waals surface area (Å²) < 4.78 is 13.5. The van der Waals surface area contributed by atoms with Gasteiger partial charge in [0.05, 0.1) is 11.5 Å². The summed E-state index contributed by atoms with van der Waals surface area (Å²) in [6, 6.07) is 12.1. The molecular weight excluding hydrogens is 427 g/mol. The number of aromatic amines is 1. The van der Waals surface area contributed by atoms with E-state index in [0.29, 0.717) is 41.7 Å². The summed E-state index contributed by atoms with van der Waals surface area (Å²) in [6.45, 7) is 0.795. The van der Waals surface area contributed by atoms with E-state index in [4.69, 9.17) is 11.3 Å². The Kier molecular flexibility index (Phi) is 5.99. The molecule has 0 spiro atoms. The van der Waals surface area contributed by atoms with Crippen LogP contribution >= 0.6 is 0 Å². The van der Waals surface area contributed by atoms with Crippen molar-refractivity contribution in [2.24, 2.45) is 16.8 Å².